The van der Waals surface area contributed by atoms with E-state index in [-0.39, 0.29) is 17.5 Å². The van der Waals surface area contributed by atoms with Gasteiger partial charge in [0.1, 0.15) is 5.75 Å². The van der Waals surface area contributed by atoms with Gasteiger partial charge in [-0.3, -0.25) is 14.4 Å². The molecule has 1 amide bonds. The van der Waals surface area contributed by atoms with Crippen molar-refractivity contribution in [3.63, 3.8) is 0 Å². The number of benzene rings is 2. The largest absolute Gasteiger partial charge is 0.483 e. The Bertz CT molecular complexity index is 794. The predicted molar refractivity (Wildman–Crippen MR) is 105 cm³/mol. The first-order valence-corrected chi connectivity index (χ1v) is 9.18. The zero-order chi connectivity index (χ0) is 19.8. The van der Waals surface area contributed by atoms with Crippen LogP contribution in [0.5, 0.6) is 5.75 Å². The fraction of sp³-hybridized carbons (Fsp3) is 0.318. The first-order chi connectivity index (χ1) is 12.9. The van der Waals surface area contributed by atoms with Crippen LogP contribution in [0.4, 0.5) is 5.69 Å². The highest BCUT2D eigenvalue weighted by Crippen LogP contribution is 2.18. The number of Topliss-reactive ketones (excluding diaryl/α,β-unsaturated/α-hetero) is 2. The van der Waals surface area contributed by atoms with E-state index in [1.165, 1.54) is 0 Å². The van der Waals surface area contributed by atoms with Crippen LogP contribution in [0.1, 0.15) is 60.7 Å². The van der Waals surface area contributed by atoms with Crippen LogP contribution in [0.2, 0.25) is 0 Å². The molecule has 0 radical (unpaired) electrons. The van der Waals surface area contributed by atoms with Crippen LogP contribution in [0.25, 0.3) is 0 Å². The van der Waals surface area contributed by atoms with Crippen LogP contribution in [0, 0.1) is 0 Å². The summed E-state index contributed by atoms with van der Waals surface area (Å²) >= 11 is 0. The SMILES string of the molecule is CCCC(=O)Nc1ccc(C(=O)C(C)Oc2ccc(C(=O)CC)cc2)cc1. The minimum atomic E-state index is -0.668. The van der Waals surface area contributed by atoms with Gasteiger partial charge in [-0.1, -0.05) is 13.8 Å². The summed E-state index contributed by atoms with van der Waals surface area (Å²) in [5.74, 6) is 0.400. The Labute approximate surface area is 159 Å². The molecule has 0 aliphatic carbocycles. The molecule has 0 aliphatic rings. The molecule has 0 bridgehead atoms. The molecule has 0 heterocycles. The summed E-state index contributed by atoms with van der Waals surface area (Å²) in [6.07, 6.45) is 1.03. The quantitative estimate of drug-likeness (QED) is 0.654. The normalized spacial score (nSPS) is 11.5. The standard InChI is InChI=1S/C22H25NO4/c1-4-6-21(25)23-18-11-7-17(8-12-18)22(26)15(3)27-19-13-9-16(10-14-19)20(24)5-2/h7-15H,4-6H2,1-3H3,(H,23,25). The third-order valence-corrected chi connectivity index (χ3v) is 4.11. The van der Waals surface area contributed by atoms with E-state index in [0.29, 0.717) is 35.4 Å². The number of hydrogen-bond acceptors (Lipinski definition) is 4. The third kappa shape index (κ3) is 5.78. The monoisotopic (exact) mass is 367 g/mol. The first-order valence-electron chi connectivity index (χ1n) is 9.18. The molecule has 2 aromatic carbocycles. The van der Waals surface area contributed by atoms with Gasteiger partial charge in [-0.15, -0.1) is 0 Å². The number of carbonyl (C=O) groups excluding carboxylic acids is 3. The molecule has 142 valence electrons. The van der Waals surface area contributed by atoms with Crippen LogP contribution >= 0.6 is 0 Å². The minimum absolute atomic E-state index is 0.0433. The first kappa shape index (κ1) is 20.4. The Morgan fingerprint density at radius 2 is 1.52 bits per heavy atom. The lowest BCUT2D eigenvalue weighted by Crippen LogP contribution is -2.24. The highest BCUT2D eigenvalue weighted by atomic mass is 16.5. The Hall–Kier alpha value is -2.95. The number of ether oxygens (including phenoxy) is 1. The topological polar surface area (TPSA) is 72.5 Å². The number of anilines is 1. The second-order valence-corrected chi connectivity index (χ2v) is 6.30. The number of rotatable bonds is 9. The summed E-state index contributed by atoms with van der Waals surface area (Å²) in [5, 5.41) is 2.79. The maximum absolute atomic E-state index is 12.5. The van der Waals surface area contributed by atoms with E-state index < -0.39 is 6.10 Å². The van der Waals surface area contributed by atoms with Crippen LogP contribution in [0.15, 0.2) is 48.5 Å². The van der Waals surface area contributed by atoms with Gasteiger partial charge in [0, 0.05) is 29.7 Å². The number of hydrogen-bond donors (Lipinski definition) is 1. The third-order valence-electron chi connectivity index (χ3n) is 4.11. The van der Waals surface area contributed by atoms with Crippen molar-refractivity contribution in [1.82, 2.24) is 0 Å². The summed E-state index contributed by atoms with van der Waals surface area (Å²) in [7, 11) is 0. The Morgan fingerprint density at radius 3 is 2.07 bits per heavy atom. The zero-order valence-corrected chi connectivity index (χ0v) is 16.0. The molecule has 0 aromatic heterocycles. The summed E-state index contributed by atoms with van der Waals surface area (Å²) < 4.78 is 5.70. The molecule has 5 nitrogen and oxygen atoms in total. The van der Waals surface area contributed by atoms with E-state index in [1.807, 2.05) is 13.8 Å². The van der Waals surface area contributed by atoms with Gasteiger partial charge in [0.05, 0.1) is 0 Å². The molecule has 1 atom stereocenters. The molecule has 0 spiro atoms. The molecule has 0 saturated carbocycles. The maximum atomic E-state index is 12.5. The van der Waals surface area contributed by atoms with Gasteiger partial charge in [-0.05, 0) is 61.9 Å². The Kier molecular flexibility index (Phi) is 7.29. The molecule has 0 aliphatic heterocycles. The van der Waals surface area contributed by atoms with Crippen molar-refractivity contribution in [2.24, 2.45) is 0 Å². The summed E-state index contributed by atoms with van der Waals surface area (Å²) in [5.41, 5.74) is 1.80. The van der Waals surface area contributed by atoms with Crippen molar-refractivity contribution in [2.75, 3.05) is 5.32 Å². The van der Waals surface area contributed by atoms with Gasteiger partial charge < -0.3 is 10.1 Å². The highest BCUT2D eigenvalue weighted by molar-refractivity contribution is 6.00. The highest BCUT2D eigenvalue weighted by Gasteiger charge is 2.17. The second kappa shape index (κ2) is 9.67. The number of carbonyl (C=O) groups is 3. The van der Waals surface area contributed by atoms with Gasteiger partial charge in [0.25, 0.3) is 0 Å². The zero-order valence-electron chi connectivity index (χ0n) is 16.0. The van der Waals surface area contributed by atoms with Crippen molar-refractivity contribution in [2.45, 2.75) is 46.1 Å². The minimum Gasteiger partial charge on any atom is -0.483 e. The molecule has 2 aromatic rings. The van der Waals surface area contributed by atoms with Gasteiger partial charge in [-0.25, -0.2) is 0 Å². The molecule has 1 N–H and O–H groups in total. The van der Waals surface area contributed by atoms with Crippen molar-refractivity contribution in [3.05, 3.63) is 59.7 Å². The van der Waals surface area contributed by atoms with E-state index in [0.717, 1.165) is 6.42 Å². The second-order valence-electron chi connectivity index (χ2n) is 6.30. The summed E-state index contributed by atoms with van der Waals surface area (Å²) in [4.78, 5) is 35.8. The molecule has 0 fully saturated rings. The van der Waals surface area contributed by atoms with Crippen molar-refractivity contribution < 1.29 is 19.1 Å². The molecular formula is C22H25NO4. The Morgan fingerprint density at radius 1 is 0.926 bits per heavy atom. The molecule has 27 heavy (non-hydrogen) atoms. The molecule has 1 unspecified atom stereocenters. The number of amides is 1. The molecule has 5 heteroatoms. The van der Waals surface area contributed by atoms with Crippen molar-refractivity contribution in [1.29, 1.82) is 0 Å². The predicted octanol–water partition coefficient (Wildman–Crippen LogP) is 4.67. The average molecular weight is 367 g/mol. The number of ketones is 2. The van der Waals surface area contributed by atoms with Crippen LogP contribution in [-0.2, 0) is 4.79 Å². The Balaban J connectivity index is 1.98. The lowest BCUT2D eigenvalue weighted by atomic mass is 10.1. The maximum Gasteiger partial charge on any atom is 0.224 e. The molecular weight excluding hydrogens is 342 g/mol. The summed E-state index contributed by atoms with van der Waals surface area (Å²) in [6.45, 7) is 5.44. The summed E-state index contributed by atoms with van der Waals surface area (Å²) in [6, 6.07) is 13.5. The van der Waals surface area contributed by atoms with Crippen molar-refractivity contribution in [3.8, 4) is 5.75 Å². The van der Waals surface area contributed by atoms with Gasteiger partial charge in [-0.2, -0.15) is 0 Å². The lowest BCUT2D eigenvalue weighted by molar-refractivity contribution is -0.116. The number of nitrogens with one attached hydrogen (secondary N) is 1. The van der Waals surface area contributed by atoms with E-state index >= 15 is 0 Å². The smallest absolute Gasteiger partial charge is 0.224 e. The van der Waals surface area contributed by atoms with Gasteiger partial charge in [0.2, 0.25) is 11.7 Å². The van der Waals surface area contributed by atoms with E-state index in [2.05, 4.69) is 5.32 Å². The fourth-order valence-corrected chi connectivity index (χ4v) is 2.58. The van der Waals surface area contributed by atoms with E-state index in [4.69, 9.17) is 4.74 Å². The average Bonchev–Trinajstić information content (AvgIpc) is 2.68. The van der Waals surface area contributed by atoms with Gasteiger partial charge >= 0.3 is 0 Å². The van der Waals surface area contributed by atoms with Crippen molar-refractivity contribution >= 4 is 23.2 Å². The van der Waals surface area contributed by atoms with Crippen LogP contribution in [-0.4, -0.2) is 23.6 Å². The molecule has 2 rings (SSSR count). The molecule has 0 saturated heterocycles. The fourth-order valence-electron chi connectivity index (χ4n) is 2.58. The van der Waals surface area contributed by atoms with Crippen LogP contribution < -0.4 is 10.1 Å². The van der Waals surface area contributed by atoms with E-state index in [9.17, 15) is 14.4 Å². The van der Waals surface area contributed by atoms with E-state index in [1.54, 1.807) is 55.5 Å². The lowest BCUT2D eigenvalue weighted by Gasteiger charge is -2.14. The van der Waals surface area contributed by atoms with Crippen LogP contribution in [0.3, 0.4) is 0 Å². The van der Waals surface area contributed by atoms with Gasteiger partial charge in [0.15, 0.2) is 11.9 Å².